The molecule has 0 radical (unpaired) electrons. The number of amides is 1. The fourth-order valence-corrected chi connectivity index (χ4v) is 1.05. The molecule has 0 fully saturated rings. The quantitative estimate of drug-likeness (QED) is 0.708. The van der Waals surface area contributed by atoms with Gasteiger partial charge < -0.3 is 15.2 Å². The van der Waals surface area contributed by atoms with Crippen molar-refractivity contribution in [2.75, 3.05) is 13.2 Å². The molecule has 0 unspecified atom stereocenters. The van der Waals surface area contributed by atoms with Crippen molar-refractivity contribution in [1.82, 2.24) is 5.32 Å². The van der Waals surface area contributed by atoms with Crippen molar-refractivity contribution in [3.05, 3.63) is 0 Å². The molecule has 0 rings (SSSR count). The van der Waals surface area contributed by atoms with Crippen LogP contribution in [0.2, 0.25) is 0 Å². The van der Waals surface area contributed by atoms with Crippen LogP contribution >= 0.6 is 0 Å². The van der Waals surface area contributed by atoms with Crippen molar-refractivity contribution < 1.29 is 19.4 Å². The Balaban J connectivity index is 4.31. The average Bonchev–Trinajstić information content (AvgIpc) is 2.08. The summed E-state index contributed by atoms with van der Waals surface area (Å²) < 4.78 is 4.88. The van der Waals surface area contributed by atoms with Crippen LogP contribution in [0, 0.1) is 5.41 Å². The smallest absolute Gasteiger partial charge is 0.326 e. The maximum absolute atomic E-state index is 11.3. The van der Waals surface area contributed by atoms with Crippen LogP contribution in [0.4, 0.5) is 0 Å². The van der Waals surface area contributed by atoms with Gasteiger partial charge in [-0.3, -0.25) is 4.79 Å². The number of ether oxygens (including phenoxy) is 1. The normalized spacial score (nSPS) is 13.3. The number of rotatable bonds is 5. The van der Waals surface area contributed by atoms with Gasteiger partial charge in [-0.05, 0) is 12.3 Å². The van der Waals surface area contributed by atoms with E-state index in [0.717, 1.165) is 0 Å². The zero-order valence-electron chi connectivity index (χ0n) is 9.66. The Morgan fingerprint density at radius 1 is 1.40 bits per heavy atom. The first kappa shape index (κ1) is 13.9. The van der Waals surface area contributed by atoms with E-state index in [4.69, 9.17) is 9.84 Å². The number of nitrogens with one attached hydrogen (secondary N) is 1. The summed E-state index contributed by atoms with van der Waals surface area (Å²) in [5.74, 6) is -1.44. The second-order valence-corrected chi connectivity index (χ2v) is 4.34. The van der Waals surface area contributed by atoms with Crippen LogP contribution in [0.5, 0.6) is 0 Å². The minimum Gasteiger partial charge on any atom is -0.480 e. The topological polar surface area (TPSA) is 75.6 Å². The summed E-state index contributed by atoms with van der Waals surface area (Å²) in [6.07, 6.45) is 0. The molecule has 0 heterocycles. The van der Waals surface area contributed by atoms with Crippen LogP contribution < -0.4 is 5.32 Å². The van der Waals surface area contributed by atoms with Gasteiger partial charge in [-0.2, -0.15) is 0 Å². The third-order valence-corrected chi connectivity index (χ3v) is 1.86. The zero-order chi connectivity index (χ0) is 12.1. The van der Waals surface area contributed by atoms with Gasteiger partial charge in [0.05, 0.1) is 0 Å². The molecule has 5 heteroatoms. The molecule has 0 saturated carbocycles. The van der Waals surface area contributed by atoms with Crippen molar-refractivity contribution in [3.8, 4) is 0 Å². The fourth-order valence-electron chi connectivity index (χ4n) is 1.05. The number of aliphatic carboxylic acids is 1. The van der Waals surface area contributed by atoms with E-state index in [1.54, 1.807) is 27.7 Å². The van der Waals surface area contributed by atoms with Gasteiger partial charge in [-0.1, -0.05) is 20.8 Å². The Kier molecular flexibility index (Phi) is 5.28. The zero-order valence-corrected chi connectivity index (χ0v) is 9.66. The van der Waals surface area contributed by atoms with E-state index in [1.807, 2.05) is 0 Å². The lowest BCUT2D eigenvalue weighted by Crippen LogP contribution is -2.50. The maximum Gasteiger partial charge on any atom is 0.326 e. The van der Waals surface area contributed by atoms with Crippen molar-refractivity contribution in [2.45, 2.75) is 33.7 Å². The molecule has 0 aliphatic heterocycles. The van der Waals surface area contributed by atoms with Gasteiger partial charge in [0.2, 0.25) is 5.91 Å². The van der Waals surface area contributed by atoms with Crippen molar-refractivity contribution >= 4 is 11.9 Å². The molecular formula is C10H19NO4. The van der Waals surface area contributed by atoms with Gasteiger partial charge in [0, 0.05) is 6.61 Å². The largest absolute Gasteiger partial charge is 0.480 e. The highest BCUT2D eigenvalue weighted by atomic mass is 16.5. The first-order valence-electron chi connectivity index (χ1n) is 4.89. The highest BCUT2D eigenvalue weighted by molar-refractivity contribution is 5.84. The molecule has 15 heavy (non-hydrogen) atoms. The SMILES string of the molecule is CCOCC(=O)N[C@@H](C(=O)O)C(C)(C)C. The van der Waals surface area contributed by atoms with Crippen LogP contribution in [-0.4, -0.2) is 36.2 Å². The second kappa shape index (κ2) is 5.70. The molecule has 0 spiro atoms. The van der Waals surface area contributed by atoms with E-state index in [2.05, 4.69) is 5.32 Å². The van der Waals surface area contributed by atoms with Gasteiger partial charge in [-0.25, -0.2) is 4.79 Å². The number of hydrogen-bond donors (Lipinski definition) is 2. The minimum atomic E-state index is -1.03. The summed E-state index contributed by atoms with van der Waals surface area (Å²) in [6, 6.07) is -0.898. The molecule has 0 aromatic carbocycles. The maximum atomic E-state index is 11.3. The summed E-state index contributed by atoms with van der Waals surface area (Å²) >= 11 is 0. The molecule has 0 aromatic heterocycles. The molecule has 5 nitrogen and oxygen atoms in total. The number of carbonyl (C=O) groups excluding carboxylic acids is 1. The fraction of sp³-hybridized carbons (Fsp3) is 0.800. The Morgan fingerprint density at radius 3 is 2.27 bits per heavy atom. The highest BCUT2D eigenvalue weighted by Crippen LogP contribution is 2.19. The predicted molar refractivity (Wildman–Crippen MR) is 55.5 cm³/mol. The first-order valence-corrected chi connectivity index (χ1v) is 4.89. The number of carboxylic acids is 1. The Bertz CT molecular complexity index is 232. The number of carbonyl (C=O) groups is 2. The second-order valence-electron chi connectivity index (χ2n) is 4.34. The summed E-state index contributed by atoms with van der Waals surface area (Å²) in [5, 5.41) is 11.4. The molecule has 0 aromatic rings. The van der Waals surface area contributed by atoms with E-state index in [-0.39, 0.29) is 6.61 Å². The summed E-state index contributed by atoms with van der Waals surface area (Å²) in [7, 11) is 0. The van der Waals surface area contributed by atoms with E-state index < -0.39 is 23.3 Å². The Labute approximate surface area is 89.8 Å². The van der Waals surface area contributed by atoms with Gasteiger partial charge in [0.1, 0.15) is 12.6 Å². The number of hydrogen-bond acceptors (Lipinski definition) is 3. The van der Waals surface area contributed by atoms with E-state index >= 15 is 0 Å². The van der Waals surface area contributed by atoms with Crippen LogP contribution in [0.3, 0.4) is 0 Å². The molecule has 0 bridgehead atoms. The van der Waals surface area contributed by atoms with Crippen LogP contribution in [-0.2, 0) is 14.3 Å². The van der Waals surface area contributed by atoms with E-state index in [0.29, 0.717) is 6.61 Å². The predicted octanol–water partition coefficient (Wildman–Crippen LogP) is 0.638. The Hall–Kier alpha value is -1.10. The van der Waals surface area contributed by atoms with E-state index in [9.17, 15) is 9.59 Å². The van der Waals surface area contributed by atoms with Crippen molar-refractivity contribution in [3.63, 3.8) is 0 Å². The minimum absolute atomic E-state index is 0.101. The lowest BCUT2D eigenvalue weighted by molar-refractivity contribution is -0.145. The molecule has 0 aliphatic rings. The van der Waals surface area contributed by atoms with Crippen LogP contribution in [0.1, 0.15) is 27.7 Å². The van der Waals surface area contributed by atoms with Gasteiger partial charge in [0.25, 0.3) is 0 Å². The lowest BCUT2D eigenvalue weighted by Gasteiger charge is -2.27. The summed E-state index contributed by atoms with van der Waals surface area (Å²) in [4.78, 5) is 22.2. The molecule has 0 aliphatic carbocycles. The average molecular weight is 217 g/mol. The third kappa shape index (κ3) is 5.37. The molecule has 1 atom stereocenters. The standard InChI is InChI=1S/C10H19NO4/c1-5-15-6-7(12)11-8(9(13)14)10(2,3)4/h8H,5-6H2,1-4H3,(H,11,12)(H,13,14)/t8-/m0/s1. The highest BCUT2D eigenvalue weighted by Gasteiger charge is 2.32. The van der Waals surface area contributed by atoms with Gasteiger partial charge >= 0.3 is 5.97 Å². The first-order chi connectivity index (χ1) is 6.79. The molecule has 2 N–H and O–H groups in total. The molecule has 1 amide bonds. The monoisotopic (exact) mass is 217 g/mol. The molecular weight excluding hydrogens is 198 g/mol. The summed E-state index contributed by atoms with van der Waals surface area (Å²) in [6.45, 7) is 7.37. The molecule has 0 saturated heterocycles. The Morgan fingerprint density at radius 2 is 1.93 bits per heavy atom. The molecule has 88 valence electrons. The van der Waals surface area contributed by atoms with Crippen LogP contribution in [0.25, 0.3) is 0 Å². The van der Waals surface area contributed by atoms with Gasteiger partial charge in [-0.15, -0.1) is 0 Å². The summed E-state index contributed by atoms with van der Waals surface area (Å²) in [5.41, 5.74) is -0.520. The van der Waals surface area contributed by atoms with Crippen molar-refractivity contribution in [1.29, 1.82) is 0 Å². The van der Waals surface area contributed by atoms with Crippen molar-refractivity contribution in [2.24, 2.45) is 5.41 Å². The van der Waals surface area contributed by atoms with E-state index in [1.165, 1.54) is 0 Å². The lowest BCUT2D eigenvalue weighted by atomic mass is 9.87. The number of carboxylic acid groups (broad SMARTS) is 1. The van der Waals surface area contributed by atoms with Gasteiger partial charge in [0.15, 0.2) is 0 Å². The van der Waals surface area contributed by atoms with Crippen LogP contribution in [0.15, 0.2) is 0 Å². The third-order valence-electron chi connectivity index (χ3n) is 1.86.